The molecular formula is C12H22N2O4. The third-order valence-electron chi connectivity index (χ3n) is 3.67. The van der Waals surface area contributed by atoms with Gasteiger partial charge in [-0.25, -0.2) is 9.59 Å². The highest BCUT2D eigenvalue weighted by Crippen LogP contribution is 2.21. The number of hydrogen-bond acceptors (Lipinski definition) is 3. The molecule has 1 fully saturated rings. The van der Waals surface area contributed by atoms with E-state index in [0.29, 0.717) is 26.1 Å². The highest BCUT2D eigenvalue weighted by atomic mass is 16.5. The second-order valence-corrected chi connectivity index (χ2v) is 4.80. The minimum absolute atomic E-state index is 0.0793. The summed E-state index contributed by atoms with van der Waals surface area (Å²) in [7, 11) is 1.68. The van der Waals surface area contributed by atoms with Gasteiger partial charge in [0, 0.05) is 39.1 Å². The zero-order chi connectivity index (χ0) is 13.8. The molecule has 18 heavy (non-hydrogen) atoms. The molecule has 1 aliphatic heterocycles. The van der Waals surface area contributed by atoms with Crippen molar-refractivity contribution in [2.24, 2.45) is 0 Å². The average molecular weight is 258 g/mol. The summed E-state index contributed by atoms with van der Waals surface area (Å²) in [6, 6.07) is -0.260. The Hall–Kier alpha value is -1.30. The zero-order valence-electron chi connectivity index (χ0n) is 11.2. The number of carboxylic acid groups (broad SMARTS) is 1. The molecule has 1 heterocycles. The average Bonchev–Trinajstić information content (AvgIpc) is 2.37. The van der Waals surface area contributed by atoms with E-state index in [1.807, 2.05) is 13.8 Å². The fourth-order valence-electron chi connectivity index (χ4n) is 1.88. The van der Waals surface area contributed by atoms with E-state index in [1.54, 1.807) is 11.9 Å². The molecule has 0 aromatic carbocycles. The van der Waals surface area contributed by atoms with Crippen LogP contribution in [-0.2, 0) is 9.53 Å². The van der Waals surface area contributed by atoms with Crippen molar-refractivity contribution in [1.29, 1.82) is 0 Å². The quantitative estimate of drug-likeness (QED) is 0.790. The Kier molecular flexibility index (Phi) is 4.95. The summed E-state index contributed by atoms with van der Waals surface area (Å²) in [5, 5.41) is 12.0. The van der Waals surface area contributed by atoms with Crippen LogP contribution in [-0.4, -0.2) is 53.8 Å². The van der Waals surface area contributed by atoms with Gasteiger partial charge in [0.1, 0.15) is 5.54 Å². The SMILES string of the molecule is CCC(C)N(C)C(=O)NC1(C(=O)O)CCOCC1. The second-order valence-electron chi connectivity index (χ2n) is 4.80. The lowest BCUT2D eigenvalue weighted by Gasteiger charge is -2.36. The van der Waals surface area contributed by atoms with Crippen LogP contribution >= 0.6 is 0 Å². The maximum atomic E-state index is 12.0. The van der Waals surface area contributed by atoms with Crippen LogP contribution in [0.5, 0.6) is 0 Å². The highest BCUT2D eigenvalue weighted by molar-refractivity contribution is 5.86. The number of carboxylic acids is 1. The molecule has 1 atom stereocenters. The van der Waals surface area contributed by atoms with Crippen molar-refractivity contribution in [3.63, 3.8) is 0 Å². The first-order valence-corrected chi connectivity index (χ1v) is 6.29. The molecule has 6 heteroatoms. The number of nitrogens with one attached hydrogen (secondary N) is 1. The van der Waals surface area contributed by atoms with Gasteiger partial charge >= 0.3 is 12.0 Å². The number of amides is 2. The van der Waals surface area contributed by atoms with E-state index in [4.69, 9.17) is 4.74 Å². The maximum Gasteiger partial charge on any atom is 0.329 e. The largest absolute Gasteiger partial charge is 0.480 e. The first-order chi connectivity index (χ1) is 8.43. The monoisotopic (exact) mass is 258 g/mol. The number of hydrogen-bond donors (Lipinski definition) is 2. The maximum absolute atomic E-state index is 12.0. The van der Waals surface area contributed by atoms with Gasteiger partial charge in [-0.15, -0.1) is 0 Å². The first kappa shape index (κ1) is 14.8. The first-order valence-electron chi connectivity index (χ1n) is 6.29. The Labute approximate surface area is 107 Å². The van der Waals surface area contributed by atoms with E-state index in [9.17, 15) is 14.7 Å². The van der Waals surface area contributed by atoms with Crippen LogP contribution in [0.1, 0.15) is 33.1 Å². The number of carbonyl (C=O) groups is 2. The van der Waals surface area contributed by atoms with Gasteiger partial charge in [0.15, 0.2) is 0 Å². The summed E-state index contributed by atoms with van der Waals surface area (Å²) >= 11 is 0. The lowest BCUT2D eigenvalue weighted by Crippen LogP contribution is -2.60. The molecule has 1 unspecified atom stereocenters. The smallest absolute Gasteiger partial charge is 0.329 e. The standard InChI is InChI=1S/C12H22N2O4/c1-4-9(2)14(3)11(17)13-12(10(15)16)5-7-18-8-6-12/h9H,4-8H2,1-3H3,(H,13,17)(H,15,16). The molecule has 0 aromatic rings. The van der Waals surface area contributed by atoms with Crippen molar-refractivity contribution in [1.82, 2.24) is 10.2 Å². The Bertz CT molecular complexity index is 313. The number of carbonyl (C=O) groups excluding carboxylic acids is 1. The summed E-state index contributed by atoms with van der Waals surface area (Å²) in [5.41, 5.74) is -1.18. The Balaban J connectivity index is 2.72. The van der Waals surface area contributed by atoms with Gasteiger partial charge in [-0.1, -0.05) is 6.92 Å². The lowest BCUT2D eigenvalue weighted by molar-refractivity contribution is -0.148. The zero-order valence-corrected chi connectivity index (χ0v) is 11.2. The number of nitrogens with zero attached hydrogens (tertiary/aromatic N) is 1. The predicted molar refractivity (Wildman–Crippen MR) is 66.5 cm³/mol. The van der Waals surface area contributed by atoms with Crippen molar-refractivity contribution in [2.75, 3.05) is 20.3 Å². The molecule has 0 aliphatic carbocycles. The van der Waals surface area contributed by atoms with Gasteiger partial charge in [0.25, 0.3) is 0 Å². The van der Waals surface area contributed by atoms with E-state index >= 15 is 0 Å². The topological polar surface area (TPSA) is 78.9 Å². The van der Waals surface area contributed by atoms with E-state index in [0.717, 1.165) is 6.42 Å². The van der Waals surface area contributed by atoms with Gasteiger partial charge in [-0.05, 0) is 13.3 Å². The van der Waals surface area contributed by atoms with Crippen LogP contribution in [0.3, 0.4) is 0 Å². The number of urea groups is 1. The third kappa shape index (κ3) is 3.13. The summed E-state index contributed by atoms with van der Waals surface area (Å²) in [6.07, 6.45) is 1.44. The summed E-state index contributed by atoms with van der Waals surface area (Å²) in [4.78, 5) is 25.0. The van der Waals surface area contributed by atoms with Gasteiger partial charge < -0.3 is 20.1 Å². The van der Waals surface area contributed by atoms with Gasteiger partial charge in [-0.2, -0.15) is 0 Å². The molecule has 0 saturated carbocycles. The molecule has 1 saturated heterocycles. The number of rotatable bonds is 4. The molecule has 2 amide bonds. The summed E-state index contributed by atoms with van der Waals surface area (Å²) in [6.45, 7) is 4.63. The molecule has 1 rings (SSSR count). The summed E-state index contributed by atoms with van der Waals surface area (Å²) < 4.78 is 5.16. The minimum atomic E-state index is -1.18. The van der Waals surface area contributed by atoms with E-state index in [-0.39, 0.29) is 12.1 Å². The molecular weight excluding hydrogens is 236 g/mol. The van der Waals surface area contributed by atoms with Gasteiger partial charge in [-0.3, -0.25) is 0 Å². The molecule has 0 aromatic heterocycles. The molecule has 0 radical (unpaired) electrons. The van der Waals surface area contributed by atoms with Crippen molar-refractivity contribution in [2.45, 2.75) is 44.7 Å². The fourth-order valence-corrected chi connectivity index (χ4v) is 1.88. The number of ether oxygens (including phenoxy) is 1. The van der Waals surface area contributed by atoms with Crippen LogP contribution < -0.4 is 5.32 Å². The second kappa shape index (κ2) is 6.04. The molecule has 0 bridgehead atoms. The Morgan fingerprint density at radius 1 is 1.44 bits per heavy atom. The number of aliphatic carboxylic acids is 1. The molecule has 2 N–H and O–H groups in total. The van der Waals surface area contributed by atoms with Crippen molar-refractivity contribution in [3.8, 4) is 0 Å². The molecule has 0 spiro atoms. The normalized spacial score (nSPS) is 19.9. The van der Waals surface area contributed by atoms with E-state index in [2.05, 4.69) is 5.32 Å². The van der Waals surface area contributed by atoms with Crippen LogP contribution in [0, 0.1) is 0 Å². The van der Waals surface area contributed by atoms with E-state index in [1.165, 1.54) is 0 Å². The summed E-state index contributed by atoms with van der Waals surface area (Å²) in [5.74, 6) is -0.989. The van der Waals surface area contributed by atoms with Crippen molar-refractivity contribution < 1.29 is 19.4 Å². The molecule has 6 nitrogen and oxygen atoms in total. The molecule has 1 aliphatic rings. The minimum Gasteiger partial charge on any atom is -0.480 e. The van der Waals surface area contributed by atoms with Gasteiger partial charge in [0.2, 0.25) is 0 Å². The molecule has 104 valence electrons. The van der Waals surface area contributed by atoms with Crippen LogP contribution in [0.15, 0.2) is 0 Å². The van der Waals surface area contributed by atoms with Crippen LogP contribution in [0.4, 0.5) is 4.79 Å². The van der Waals surface area contributed by atoms with Crippen molar-refractivity contribution in [3.05, 3.63) is 0 Å². The Morgan fingerprint density at radius 3 is 2.44 bits per heavy atom. The Morgan fingerprint density at radius 2 is 2.00 bits per heavy atom. The fraction of sp³-hybridized carbons (Fsp3) is 0.833. The van der Waals surface area contributed by atoms with Crippen molar-refractivity contribution >= 4 is 12.0 Å². The predicted octanol–water partition coefficient (Wildman–Crippen LogP) is 1.06. The lowest BCUT2D eigenvalue weighted by atomic mass is 9.90. The van der Waals surface area contributed by atoms with Crippen LogP contribution in [0.2, 0.25) is 0 Å². The van der Waals surface area contributed by atoms with Gasteiger partial charge in [0.05, 0.1) is 0 Å². The van der Waals surface area contributed by atoms with Crippen LogP contribution in [0.25, 0.3) is 0 Å². The highest BCUT2D eigenvalue weighted by Gasteiger charge is 2.42. The van der Waals surface area contributed by atoms with E-state index < -0.39 is 11.5 Å². The third-order valence-corrected chi connectivity index (χ3v) is 3.67.